The summed E-state index contributed by atoms with van der Waals surface area (Å²) < 4.78 is 12.9. The van der Waals surface area contributed by atoms with E-state index in [-0.39, 0.29) is 17.6 Å². The van der Waals surface area contributed by atoms with Crippen LogP contribution in [-0.4, -0.2) is 60.9 Å². The Bertz CT molecular complexity index is 710. The Labute approximate surface area is 150 Å². The lowest BCUT2D eigenvalue weighted by Gasteiger charge is -2.34. The quantitative estimate of drug-likeness (QED) is 0.887. The average Bonchev–Trinajstić information content (AvgIpc) is 3.17. The van der Waals surface area contributed by atoms with Crippen molar-refractivity contribution in [1.29, 1.82) is 0 Å². The predicted molar refractivity (Wildman–Crippen MR) is 95.4 cm³/mol. The van der Waals surface area contributed by atoms with Crippen molar-refractivity contribution < 1.29 is 14.0 Å². The van der Waals surface area contributed by atoms with Gasteiger partial charge >= 0.3 is 0 Å². The zero-order chi connectivity index (χ0) is 17.6. The number of carbonyl (C=O) groups excluding carboxylic acids is 2. The topological polar surface area (TPSA) is 52.7 Å². The lowest BCUT2D eigenvalue weighted by atomic mass is 10.2. The molecule has 2 aromatic rings. The Kier molecular flexibility index (Phi) is 5.78. The third kappa shape index (κ3) is 4.64. The van der Waals surface area contributed by atoms with Gasteiger partial charge in [0, 0.05) is 44.8 Å². The molecule has 1 fully saturated rings. The van der Waals surface area contributed by atoms with E-state index < -0.39 is 0 Å². The molecule has 3 rings (SSSR count). The van der Waals surface area contributed by atoms with E-state index in [1.807, 2.05) is 22.4 Å². The maximum atomic E-state index is 12.9. The first kappa shape index (κ1) is 17.6. The molecule has 1 aromatic carbocycles. The lowest BCUT2D eigenvalue weighted by Crippen LogP contribution is -2.50. The highest BCUT2D eigenvalue weighted by Gasteiger charge is 2.22. The third-order valence-corrected chi connectivity index (χ3v) is 5.07. The van der Waals surface area contributed by atoms with E-state index in [1.165, 1.54) is 35.6 Å². The summed E-state index contributed by atoms with van der Waals surface area (Å²) in [5.41, 5.74) is 0.452. The summed E-state index contributed by atoms with van der Waals surface area (Å²) in [5.74, 6) is -0.461. The van der Waals surface area contributed by atoms with Gasteiger partial charge < -0.3 is 10.2 Å². The van der Waals surface area contributed by atoms with Crippen LogP contribution in [0.5, 0.6) is 0 Å². The van der Waals surface area contributed by atoms with E-state index in [4.69, 9.17) is 0 Å². The molecule has 132 valence electrons. The number of amides is 2. The number of thiophene rings is 1. The van der Waals surface area contributed by atoms with Crippen LogP contribution in [0.25, 0.3) is 0 Å². The van der Waals surface area contributed by atoms with Crippen LogP contribution < -0.4 is 5.32 Å². The number of rotatable bonds is 5. The van der Waals surface area contributed by atoms with Gasteiger partial charge in [-0.3, -0.25) is 14.5 Å². The number of hydrogen-bond acceptors (Lipinski definition) is 4. The minimum Gasteiger partial charge on any atom is -0.351 e. The molecule has 0 unspecified atom stereocenters. The van der Waals surface area contributed by atoms with Crippen molar-refractivity contribution in [3.05, 3.63) is 58.0 Å². The normalized spacial score (nSPS) is 15.2. The van der Waals surface area contributed by atoms with Crippen LogP contribution in [0.3, 0.4) is 0 Å². The fraction of sp³-hybridized carbons (Fsp3) is 0.333. The smallest absolute Gasteiger partial charge is 0.264 e. The zero-order valence-corrected chi connectivity index (χ0v) is 14.6. The lowest BCUT2D eigenvalue weighted by molar-refractivity contribution is 0.0643. The average molecular weight is 361 g/mol. The Morgan fingerprint density at radius 1 is 1.08 bits per heavy atom. The van der Waals surface area contributed by atoms with E-state index in [9.17, 15) is 14.0 Å². The standard InChI is InChI=1S/C18H20FN3O2S/c19-15-5-3-14(4-6-15)17(23)20-7-8-21-9-11-22(12-10-21)18(24)16-2-1-13-25-16/h1-6,13H,7-12H2,(H,20,23). The molecule has 0 saturated carbocycles. The van der Waals surface area contributed by atoms with Crippen molar-refractivity contribution in [2.75, 3.05) is 39.3 Å². The van der Waals surface area contributed by atoms with Gasteiger partial charge in [0.05, 0.1) is 4.88 Å². The zero-order valence-electron chi connectivity index (χ0n) is 13.8. The summed E-state index contributed by atoms with van der Waals surface area (Å²) in [7, 11) is 0. The number of halogens is 1. The molecule has 1 aliphatic rings. The fourth-order valence-electron chi connectivity index (χ4n) is 2.76. The first-order chi connectivity index (χ1) is 12.1. The molecule has 0 aliphatic carbocycles. The van der Waals surface area contributed by atoms with Crippen molar-refractivity contribution in [3.63, 3.8) is 0 Å². The molecule has 1 saturated heterocycles. The molecule has 2 amide bonds. The number of carbonyl (C=O) groups is 2. The SMILES string of the molecule is O=C(NCCN1CCN(C(=O)c2cccs2)CC1)c1ccc(F)cc1. The van der Waals surface area contributed by atoms with E-state index in [1.54, 1.807) is 0 Å². The Morgan fingerprint density at radius 2 is 1.80 bits per heavy atom. The van der Waals surface area contributed by atoms with E-state index in [0.29, 0.717) is 25.2 Å². The Balaban J connectivity index is 1.38. The van der Waals surface area contributed by atoms with Crippen molar-refractivity contribution in [1.82, 2.24) is 15.1 Å². The monoisotopic (exact) mass is 361 g/mol. The van der Waals surface area contributed by atoms with Crippen LogP contribution in [0.15, 0.2) is 41.8 Å². The van der Waals surface area contributed by atoms with Gasteiger partial charge in [0.25, 0.3) is 11.8 Å². The first-order valence-corrected chi connectivity index (χ1v) is 9.10. The molecular formula is C18H20FN3O2S. The molecule has 0 radical (unpaired) electrons. The number of nitrogens with zero attached hydrogens (tertiary/aromatic N) is 2. The number of nitrogens with one attached hydrogen (secondary N) is 1. The van der Waals surface area contributed by atoms with Crippen molar-refractivity contribution >= 4 is 23.2 Å². The second kappa shape index (κ2) is 8.22. The summed E-state index contributed by atoms with van der Waals surface area (Å²) in [6.45, 7) is 4.24. The van der Waals surface area contributed by atoms with Crippen molar-refractivity contribution in [3.8, 4) is 0 Å². The number of piperazine rings is 1. The van der Waals surface area contributed by atoms with Gasteiger partial charge in [0.15, 0.2) is 0 Å². The highest BCUT2D eigenvalue weighted by atomic mass is 32.1. The van der Waals surface area contributed by atoms with Crippen LogP contribution in [0.2, 0.25) is 0 Å². The second-order valence-corrected chi connectivity index (χ2v) is 6.82. The molecule has 7 heteroatoms. The molecule has 25 heavy (non-hydrogen) atoms. The van der Waals surface area contributed by atoms with E-state index >= 15 is 0 Å². The van der Waals surface area contributed by atoms with Gasteiger partial charge in [0.2, 0.25) is 0 Å². The van der Waals surface area contributed by atoms with Crippen molar-refractivity contribution in [2.24, 2.45) is 0 Å². The van der Waals surface area contributed by atoms with Crippen LogP contribution in [0.1, 0.15) is 20.0 Å². The van der Waals surface area contributed by atoms with Crippen LogP contribution in [0, 0.1) is 5.82 Å². The maximum Gasteiger partial charge on any atom is 0.264 e. The maximum absolute atomic E-state index is 12.9. The summed E-state index contributed by atoms with van der Waals surface area (Å²) >= 11 is 1.47. The molecule has 0 spiro atoms. The highest BCUT2D eigenvalue weighted by molar-refractivity contribution is 7.12. The summed E-state index contributed by atoms with van der Waals surface area (Å²) in [6, 6.07) is 9.24. The molecule has 0 bridgehead atoms. The summed E-state index contributed by atoms with van der Waals surface area (Å²) in [6.07, 6.45) is 0. The molecule has 1 aliphatic heterocycles. The van der Waals surface area contributed by atoms with Gasteiger partial charge in [0.1, 0.15) is 5.82 Å². The number of benzene rings is 1. The van der Waals surface area contributed by atoms with Crippen LogP contribution >= 0.6 is 11.3 Å². The van der Waals surface area contributed by atoms with Gasteiger partial charge in [-0.25, -0.2) is 4.39 Å². The minimum atomic E-state index is -0.355. The van der Waals surface area contributed by atoms with Crippen LogP contribution in [-0.2, 0) is 0 Å². The molecule has 5 nitrogen and oxygen atoms in total. The minimum absolute atomic E-state index is 0.0965. The first-order valence-electron chi connectivity index (χ1n) is 8.22. The third-order valence-electron chi connectivity index (χ3n) is 4.21. The molecular weight excluding hydrogens is 341 g/mol. The molecule has 1 aromatic heterocycles. The second-order valence-electron chi connectivity index (χ2n) is 5.87. The Morgan fingerprint density at radius 3 is 2.44 bits per heavy atom. The van der Waals surface area contributed by atoms with E-state index in [2.05, 4.69) is 10.2 Å². The number of hydrogen-bond donors (Lipinski definition) is 1. The van der Waals surface area contributed by atoms with Crippen LogP contribution in [0.4, 0.5) is 4.39 Å². The van der Waals surface area contributed by atoms with Gasteiger partial charge in [-0.1, -0.05) is 6.07 Å². The fourth-order valence-corrected chi connectivity index (χ4v) is 3.45. The van der Waals surface area contributed by atoms with Gasteiger partial charge in [-0.05, 0) is 35.7 Å². The predicted octanol–water partition coefficient (Wildman–Crippen LogP) is 2.08. The van der Waals surface area contributed by atoms with Gasteiger partial charge in [-0.15, -0.1) is 11.3 Å². The summed E-state index contributed by atoms with van der Waals surface area (Å²) in [4.78, 5) is 29.1. The molecule has 1 N–H and O–H groups in total. The summed E-state index contributed by atoms with van der Waals surface area (Å²) in [5, 5.41) is 4.75. The van der Waals surface area contributed by atoms with Crippen molar-refractivity contribution in [2.45, 2.75) is 0 Å². The highest BCUT2D eigenvalue weighted by Crippen LogP contribution is 2.13. The van der Waals surface area contributed by atoms with E-state index in [0.717, 1.165) is 24.5 Å². The largest absolute Gasteiger partial charge is 0.351 e. The molecule has 2 heterocycles. The Hall–Kier alpha value is -2.25. The van der Waals surface area contributed by atoms with Gasteiger partial charge in [-0.2, -0.15) is 0 Å². The molecule has 0 atom stereocenters.